The molecule has 1 aromatic carbocycles. The van der Waals surface area contributed by atoms with E-state index < -0.39 is 0 Å². The highest BCUT2D eigenvalue weighted by Crippen LogP contribution is 2.19. The molecule has 0 unspecified atom stereocenters. The molecule has 0 aliphatic rings. The number of ether oxygens (including phenoxy) is 1. The molecule has 3 aromatic rings. The molecule has 0 N–H and O–H groups in total. The van der Waals surface area contributed by atoms with Gasteiger partial charge in [0.15, 0.2) is 0 Å². The van der Waals surface area contributed by atoms with Gasteiger partial charge in [-0.05, 0) is 58.0 Å². The summed E-state index contributed by atoms with van der Waals surface area (Å²) in [5.41, 5.74) is 2.88. The van der Waals surface area contributed by atoms with E-state index in [1.165, 1.54) is 0 Å². The summed E-state index contributed by atoms with van der Waals surface area (Å²) in [5, 5.41) is 3.92. The smallest absolute Gasteiger partial charge is 0.263 e. The Labute approximate surface area is 158 Å². The van der Waals surface area contributed by atoms with Gasteiger partial charge in [0.25, 0.3) is 5.91 Å². The molecule has 3 rings (SSSR count). The molecular weight excluding hydrogens is 342 g/mol. The molecule has 0 aliphatic heterocycles. The second kappa shape index (κ2) is 8.03. The molecule has 2 aromatic heterocycles. The van der Waals surface area contributed by atoms with Crippen LogP contribution in [0.1, 0.15) is 41.2 Å². The van der Waals surface area contributed by atoms with E-state index in [9.17, 15) is 4.79 Å². The van der Waals surface area contributed by atoms with Gasteiger partial charge < -0.3 is 9.26 Å². The molecule has 27 heavy (non-hydrogen) atoms. The van der Waals surface area contributed by atoms with E-state index in [4.69, 9.17) is 9.26 Å². The minimum atomic E-state index is -0.155. The molecule has 0 aliphatic carbocycles. The molecule has 140 valence electrons. The third-order valence-corrected chi connectivity index (χ3v) is 4.09. The van der Waals surface area contributed by atoms with Crippen molar-refractivity contribution in [2.75, 3.05) is 0 Å². The molecule has 0 saturated carbocycles. The lowest BCUT2D eigenvalue weighted by molar-refractivity contribution is 0.0954. The Balaban J connectivity index is 1.85. The standard InChI is InChI=1S/C21H23N3O3/c1-14(2)22-20-10-5-6-11-24(20)21(25)17-8-7-9-18(12-17)26-13-19-15(3)23-27-16(19)4/h5-12,14H,13H2,1-4H3. The second-order valence-corrected chi connectivity index (χ2v) is 6.58. The average molecular weight is 365 g/mol. The summed E-state index contributed by atoms with van der Waals surface area (Å²) in [4.78, 5) is 17.5. The lowest BCUT2D eigenvalue weighted by Crippen LogP contribution is -2.28. The Kier molecular flexibility index (Phi) is 5.54. The number of hydrogen-bond donors (Lipinski definition) is 0. The lowest BCUT2D eigenvalue weighted by Gasteiger charge is -2.10. The Bertz CT molecular complexity index is 996. The van der Waals surface area contributed by atoms with Crippen LogP contribution < -0.4 is 10.2 Å². The monoisotopic (exact) mass is 365 g/mol. The summed E-state index contributed by atoms with van der Waals surface area (Å²) >= 11 is 0. The van der Waals surface area contributed by atoms with E-state index in [1.54, 1.807) is 29.0 Å². The van der Waals surface area contributed by atoms with Gasteiger partial charge in [0.05, 0.1) is 11.3 Å². The first kappa shape index (κ1) is 18.6. The maximum atomic E-state index is 13.0. The maximum absolute atomic E-state index is 13.0. The zero-order valence-electron chi connectivity index (χ0n) is 16.0. The van der Waals surface area contributed by atoms with E-state index in [0.29, 0.717) is 23.4 Å². The number of carbonyl (C=O) groups excluding carboxylic acids is 1. The molecule has 0 amide bonds. The minimum absolute atomic E-state index is 0.0937. The van der Waals surface area contributed by atoms with Crippen LogP contribution in [0, 0.1) is 13.8 Å². The normalized spacial score (nSPS) is 11.8. The first-order chi connectivity index (χ1) is 13.0. The molecule has 2 heterocycles. The van der Waals surface area contributed by atoms with Crippen LogP contribution in [0.15, 0.2) is 58.2 Å². The first-order valence-electron chi connectivity index (χ1n) is 8.86. The van der Waals surface area contributed by atoms with E-state index in [2.05, 4.69) is 10.1 Å². The van der Waals surface area contributed by atoms with Crippen molar-refractivity contribution < 1.29 is 14.1 Å². The largest absolute Gasteiger partial charge is 0.489 e. The Morgan fingerprint density at radius 1 is 1.22 bits per heavy atom. The molecule has 0 atom stereocenters. The van der Waals surface area contributed by atoms with Crippen molar-refractivity contribution >= 4 is 5.91 Å². The summed E-state index contributed by atoms with van der Waals surface area (Å²) in [6.07, 6.45) is 1.72. The number of aryl methyl sites for hydroxylation is 2. The third-order valence-electron chi connectivity index (χ3n) is 4.09. The van der Waals surface area contributed by atoms with E-state index in [0.717, 1.165) is 17.0 Å². The van der Waals surface area contributed by atoms with Gasteiger partial charge in [-0.1, -0.05) is 17.3 Å². The number of rotatable bonds is 5. The molecule has 0 saturated heterocycles. The van der Waals surface area contributed by atoms with E-state index in [1.807, 2.05) is 52.0 Å². The predicted octanol–water partition coefficient (Wildman–Crippen LogP) is 3.67. The van der Waals surface area contributed by atoms with E-state index in [-0.39, 0.29) is 11.9 Å². The number of pyridine rings is 1. The number of benzene rings is 1. The summed E-state index contributed by atoms with van der Waals surface area (Å²) in [5.74, 6) is 1.19. The van der Waals surface area contributed by atoms with Gasteiger partial charge in [0.2, 0.25) is 0 Å². The topological polar surface area (TPSA) is 69.6 Å². The lowest BCUT2D eigenvalue weighted by atomic mass is 10.2. The molecule has 0 spiro atoms. The Hall–Kier alpha value is -3.15. The van der Waals surface area contributed by atoms with Gasteiger partial charge in [-0.15, -0.1) is 0 Å². The van der Waals surface area contributed by atoms with Gasteiger partial charge in [-0.3, -0.25) is 14.4 Å². The quantitative estimate of drug-likeness (QED) is 0.692. The highest BCUT2D eigenvalue weighted by atomic mass is 16.5. The SMILES string of the molecule is Cc1noc(C)c1COc1cccc(C(=O)n2ccccc2=NC(C)C)c1. The number of aromatic nitrogens is 2. The van der Waals surface area contributed by atoms with Crippen LogP contribution in [0.2, 0.25) is 0 Å². The highest BCUT2D eigenvalue weighted by molar-refractivity contribution is 5.96. The summed E-state index contributed by atoms with van der Waals surface area (Å²) in [6.45, 7) is 8.02. The Morgan fingerprint density at radius 3 is 2.74 bits per heavy atom. The highest BCUT2D eigenvalue weighted by Gasteiger charge is 2.12. The van der Waals surface area contributed by atoms with Crippen LogP contribution in [0.5, 0.6) is 5.75 Å². The van der Waals surface area contributed by atoms with Crippen LogP contribution in [0.4, 0.5) is 0 Å². The fourth-order valence-electron chi connectivity index (χ4n) is 2.70. The molecule has 0 fully saturated rings. The van der Waals surface area contributed by atoms with Crippen LogP contribution in [-0.4, -0.2) is 21.7 Å². The number of nitrogens with zero attached hydrogens (tertiary/aromatic N) is 3. The van der Waals surface area contributed by atoms with Gasteiger partial charge in [-0.2, -0.15) is 0 Å². The zero-order chi connectivity index (χ0) is 19.4. The van der Waals surface area contributed by atoms with Crippen molar-refractivity contribution in [3.05, 3.63) is 76.7 Å². The summed E-state index contributed by atoms with van der Waals surface area (Å²) < 4.78 is 12.5. The van der Waals surface area contributed by atoms with Crippen LogP contribution in [0.3, 0.4) is 0 Å². The van der Waals surface area contributed by atoms with Crippen molar-refractivity contribution in [2.24, 2.45) is 4.99 Å². The summed E-state index contributed by atoms with van der Waals surface area (Å²) in [6, 6.07) is 12.7. The van der Waals surface area contributed by atoms with Crippen LogP contribution in [0.25, 0.3) is 0 Å². The number of carbonyl (C=O) groups is 1. The van der Waals surface area contributed by atoms with Crippen molar-refractivity contribution in [3.8, 4) is 5.75 Å². The predicted molar refractivity (Wildman–Crippen MR) is 102 cm³/mol. The Morgan fingerprint density at radius 2 is 2.04 bits per heavy atom. The first-order valence-corrected chi connectivity index (χ1v) is 8.86. The van der Waals surface area contributed by atoms with Crippen LogP contribution >= 0.6 is 0 Å². The molecule has 6 nitrogen and oxygen atoms in total. The van der Waals surface area contributed by atoms with Crippen molar-refractivity contribution in [1.29, 1.82) is 0 Å². The second-order valence-electron chi connectivity index (χ2n) is 6.58. The average Bonchev–Trinajstić information content (AvgIpc) is 2.97. The molecular formula is C21H23N3O3. The van der Waals surface area contributed by atoms with Gasteiger partial charge >= 0.3 is 0 Å². The van der Waals surface area contributed by atoms with E-state index >= 15 is 0 Å². The van der Waals surface area contributed by atoms with Crippen molar-refractivity contribution in [3.63, 3.8) is 0 Å². The molecule has 6 heteroatoms. The van der Waals surface area contributed by atoms with Gasteiger partial charge in [0, 0.05) is 17.8 Å². The maximum Gasteiger partial charge on any atom is 0.263 e. The zero-order valence-corrected chi connectivity index (χ0v) is 16.0. The summed E-state index contributed by atoms with van der Waals surface area (Å²) in [7, 11) is 0. The fraction of sp³-hybridized carbons (Fsp3) is 0.286. The molecule has 0 bridgehead atoms. The van der Waals surface area contributed by atoms with Gasteiger partial charge in [0.1, 0.15) is 23.6 Å². The third kappa shape index (κ3) is 4.34. The van der Waals surface area contributed by atoms with Crippen molar-refractivity contribution in [2.45, 2.75) is 40.3 Å². The van der Waals surface area contributed by atoms with Crippen molar-refractivity contribution in [1.82, 2.24) is 9.72 Å². The fourth-order valence-corrected chi connectivity index (χ4v) is 2.70. The molecule has 0 radical (unpaired) electrons. The minimum Gasteiger partial charge on any atom is -0.489 e. The van der Waals surface area contributed by atoms with Crippen LogP contribution in [-0.2, 0) is 6.61 Å². The number of hydrogen-bond acceptors (Lipinski definition) is 5. The van der Waals surface area contributed by atoms with Gasteiger partial charge in [-0.25, -0.2) is 0 Å².